The molecule has 0 atom stereocenters. The Morgan fingerprint density at radius 2 is 1.93 bits per heavy atom. The van der Waals surface area contributed by atoms with E-state index in [4.69, 9.17) is 4.74 Å². The Bertz CT molecular complexity index is 822. The minimum Gasteiger partial charge on any atom is -0.497 e. The van der Waals surface area contributed by atoms with Crippen molar-refractivity contribution >= 4 is 29.7 Å². The van der Waals surface area contributed by atoms with E-state index in [0.717, 1.165) is 42.1 Å². The average molecular weight is 402 g/mol. The second-order valence-corrected chi connectivity index (χ2v) is 7.37. The molecule has 3 rings (SSSR count). The molecule has 0 radical (unpaired) electrons. The quantitative estimate of drug-likeness (QED) is 0.682. The van der Waals surface area contributed by atoms with Gasteiger partial charge in [-0.3, -0.25) is 4.79 Å². The maximum Gasteiger partial charge on any atom is 0.243 e. The van der Waals surface area contributed by atoms with Crippen LogP contribution < -0.4 is 10.1 Å². The van der Waals surface area contributed by atoms with Crippen LogP contribution in [0, 0.1) is 0 Å². The fourth-order valence-corrected chi connectivity index (χ4v) is 3.27. The average Bonchev–Trinajstić information content (AvgIpc) is 3.01. The molecule has 0 bridgehead atoms. The van der Waals surface area contributed by atoms with Crippen molar-refractivity contribution in [1.29, 1.82) is 0 Å². The number of ether oxygens (including phenoxy) is 1. The molecule has 0 saturated heterocycles. The van der Waals surface area contributed by atoms with E-state index < -0.39 is 0 Å². The number of rotatable bonds is 7. The molecule has 2 aromatic rings. The van der Waals surface area contributed by atoms with Crippen molar-refractivity contribution < 1.29 is 9.53 Å². The highest BCUT2D eigenvalue weighted by Gasteiger charge is 2.38. The number of anilines is 1. The highest BCUT2D eigenvalue weighted by Crippen LogP contribution is 2.31. The first-order chi connectivity index (χ1) is 13.0. The predicted molar refractivity (Wildman–Crippen MR) is 116 cm³/mol. The van der Waals surface area contributed by atoms with Gasteiger partial charge in [-0.1, -0.05) is 30.3 Å². The summed E-state index contributed by atoms with van der Waals surface area (Å²) >= 11 is 0. The molecule has 0 unspecified atom stereocenters. The Kier molecular flexibility index (Phi) is 7.46. The van der Waals surface area contributed by atoms with Crippen LogP contribution in [-0.2, 0) is 4.79 Å². The van der Waals surface area contributed by atoms with Crippen molar-refractivity contribution in [3.8, 4) is 5.75 Å². The molecule has 1 heterocycles. The normalized spacial score (nSPS) is 14.8. The Hall–Kier alpha value is -2.53. The fourth-order valence-electron chi connectivity index (χ4n) is 3.27. The summed E-state index contributed by atoms with van der Waals surface area (Å²) in [5.41, 5.74) is 2.69. The van der Waals surface area contributed by atoms with Gasteiger partial charge in [0.1, 0.15) is 5.75 Å². The van der Waals surface area contributed by atoms with Crippen LogP contribution in [0.2, 0.25) is 0 Å². The molecule has 0 fully saturated rings. The van der Waals surface area contributed by atoms with E-state index in [1.807, 2.05) is 54.6 Å². The topological polar surface area (TPSA) is 53.9 Å². The van der Waals surface area contributed by atoms with Crippen molar-refractivity contribution in [3.05, 3.63) is 60.2 Å². The Morgan fingerprint density at radius 1 is 1.18 bits per heavy atom. The van der Waals surface area contributed by atoms with E-state index in [9.17, 15) is 4.79 Å². The van der Waals surface area contributed by atoms with Crippen LogP contribution in [0.5, 0.6) is 5.75 Å². The first-order valence-corrected chi connectivity index (χ1v) is 9.33. The molecule has 0 aromatic heterocycles. The van der Waals surface area contributed by atoms with Crippen LogP contribution in [-0.4, -0.2) is 35.8 Å². The summed E-state index contributed by atoms with van der Waals surface area (Å²) in [7, 11) is 1.65. The molecule has 2 aromatic carbocycles. The van der Waals surface area contributed by atoms with Gasteiger partial charge in [0.05, 0.1) is 18.4 Å². The van der Waals surface area contributed by atoms with E-state index in [-0.39, 0.29) is 23.9 Å². The predicted octanol–water partition coefficient (Wildman–Crippen LogP) is 4.72. The number of benzene rings is 2. The van der Waals surface area contributed by atoms with Gasteiger partial charge < -0.3 is 10.1 Å². The van der Waals surface area contributed by atoms with E-state index >= 15 is 0 Å². The van der Waals surface area contributed by atoms with E-state index in [1.165, 1.54) is 0 Å². The number of hydrogen-bond acceptors (Lipinski definition) is 4. The highest BCUT2D eigenvalue weighted by atomic mass is 35.5. The van der Waals surface area contributed by atoms with Gasteiger partial charge in [0.15, 0.2) is 0 Å². The minimum absolute atomic E-state index is 0. The maximum atomic E-state index is 12.7. The summed E-state index contributed by atoms with van der Waals surface area (Å²) in [4.78, 5) is 12.7. The number of methoxy groups -OCH3 is 1. The van der Waals surface area contributed by atoms with Crippen molar-refractivity contribution in [2.24, 2.45) is 5.10 Å². The summed E-state index contributed by atoms with van der Waals surface area (Å²) in [5.74, 6) is 0.859. The number of hydrogen-bond donors (Lipinski definition) is 1. The van der Waals surface area contributed by atoms with Gasteiger partial charge in [-0.25, -0.2) is 5.01 Å². The molecule has 1 aliphatic rings. The third-order valence-corrected chi connectivity index (χ3v) is 4.70. The molecule has 1 aliphatic heterocycles. The summed E-state index contributed by atoms with van der Waals surface area (Å²) in [5, 5.41) is 9.64. The van der Waals surface area contributed by atoms with Gasteiger partial charge in [-0.05, 0) is 44.5 Å². The number of nitrogens with zero attached hydrogens (tertiary/aromatic N) is 2. The zero-order valence-corrected chi connectivity index (χ0v) is 17.5. The minimum atomic E-state index is -0.317. The van der Waals surface area contributed by atoms with Crippen LogP contribution in [0.25, 0.3) is 0 Å². The summed E-state index contributed by atoms with van der Waals surface area (Å²) < 4.78 is 5.30. The molecule has 1 N–H and O–H groups in total. The van der Waals surface area contributed by atoms with Gasteiger partial charge >= 0.3 is 0 Å². The SMILES string of the molecule is COc1cccc(C2=NN(C(=O)CCCNc3ccccc3)C(C)(C)C2)c1.Cl. The second-order valence-electron chi connectivity index (χ2n) is 7.37. The number of carbonyl (C=O) groups is 1. The smallest absolute Gasteiger partial charge is 0.243 e. The molecule has 0 saturated carbocycles. The monoisotopic (exact) mass is 401 g/mol. The first kappa shape index (κ1) is 21.8. The molecule has 0 spiro atoms. The van der Waals surface area contributed by atoms with Gasteiger partial charge in [0, 0.05) is 30.6 Å². The lowest BCUT2D eigenvalue weighted by Gasteiger charge is -2.28. The van der Waals surface area contributed by atoms with Crippen LogP contribution >= 0.6 is 12.4 Å². The van der Waals surface area contributed by atoms with E-state index in [2.05, 4.69) is 24.3 Å². The molecule has 5 nitrogen and oxygen atoms in total. The molecular formula is C22H28ClN3O2. The zero-order valence-electron chi connectivity index (χ0n) is 16.6. The second kappa shape index (κ2) is 9.60. The molecule has 150 valence electrons. The van der Waals surface area contributed by atoms with Crippen molar-refractivity contribution in [2.75, 3.05) is 19.0 Å². The Morgan fingerprint density at radius 3 is 2.64 bits per heavy atom. The van der Waals surface area contributed by atoms with Gasteiger partial charge in [-0.2, -0.15) is 5.10 Å². The summed E-state index contributed by atoms with van der Waals surface area (Å²) in [6.45, 7) is 4.88. The lowest BCUT2D eigenvalue weighted by Crippen LogP contribution is -2.40. The van der Waals surface area contributed by atoms with Crippen LogP contribution in [0.3, 0.4) is 0 Å². The van der Waals surface area contributed by atoms with E-state index in [0.29, 0.717) is 6.42 Å². The number of carbonyl (C=O) groups excluding carboxylic acids is 1. The number of para-hydroxylation sites is 1. The first-order valence-electron chi connectivity index (χ1n) is 9.33. The van der Waals surface area contributed by atoms with Crippen LogP contribution in [0.1, 0.15) is 38.7 Å². The molecule has 0 aliphatic carbocycles. The van der Waals surface area contributed by atoms with Crippen molar-refractivity contribution in [2.45, 2.75) is 38.6 Å². The van der Waals surface area contributed by atoms with Gasteiger partial charge in [0.2, 0.25) is 5.91 Å². The summed E-state index contributed by atoms with van der Waals surface area (Å²) in [6.07, 6.45) is 1.97. The number of nitrogens with one attached hydrogen (secondary N) is 1. The Labute approximate surface area is 173 Å². The highest BCUT2D eigenvalue weighted by molar-refractivity contribution is 6.03. The number of hydrazone groups is 1. The number of amides is 1. The lowest BCUT2D eigenvalue weighted by molar-refractivity contribution is -0.135. The third kappa shape index (κ3) is 5.26. The maximum absolute atomic E-state index is 12.7. The molecule has 6 heteroatoms. The molecular weight excluding hydrogens is 374 g/mol. The van der Waals surface area contributed by atoms with Gasteiger partial charge in [0.25, 0.3) is 0 Å². The third-order valence-electron chi connectivity index (χ3n) is 4.70. The van der Waals surface area contributed by atoms with Crippen LogP contribution in [0.15, 0.2) is 59.7 Å². The van der Waals surface area contributed by atoms with E-state index in [1.54, 1.807) is 12.1 Å². The largest absolute Gasteiger partial charge is 0.497 e. The van der Waals surface area contributed by atoms with Gasteiger partial charge in [-0.15, -0.1) is 12.4 Å². The fraction of sp³-hybridized carbons (Fsp3) is 0.364. The van der Waals surface area contributed by atoms with Crippen molar-refractivity contribution in [1.82, 2.24) is 5.01 Å². The van der Waals surface area contributed by atoms with Crippen molar-refractivity contribution in [3.63, 3.8) is 0 Å². The lowest BCUT2D eigenvalue weighted by atomic mass is 9.94. The molecule has 28 heavy (non-hydrogen) atoms. The zero-order chi connectivity index (χ0) is 19.3. The molecule has 1 amide bonds. The summed E-state index contributed by atoms with van der Waals surface area (Å²) in [6, 6.07) is 17.9. The standard InChI is InChI=1S/C22H27N3O2.ClH/c1-22(2)16-20(17-9-7-12-19(15-17)27-3)24-25(22)21(26)13-8-14-23-18-10-5-4-6-11-18;/h4-7,9-12,15,23H,8,13-14,16H2,1-3H3;1H. The van der Waals surface area contributed by atoms with Crippen LogP contribution in [0.4, 0.5) is 5.69 Å². The Balaban J connectivity index is 0.00000280. The number of halogens is 1.